The molecule has 1 heterocycles. The van der Waals surface area contributed by atoms with Crippen LogP contribution in [-0.4, -0.2) is 47.8 Å². The number of aliphatic hydroxyl groups is 2. The fraction of sp³-hybridized carbons (Fsp3) is 0.500. The molecule has 0 bridgehead atoms. The van der Waals surface area contributed by atoms with Crippen LogP contribution in [0.15, 0.2) is 48.5 Å². The van der Waals surface area contributed by atoms with Gasteiger partial charge in [-0.05, 0) is 60.6 Å². The zero-order valence-corrected chi connectivity index (χ0v) is 22.1. The second kappa shape index (κ2) is 12.5. The van der Waals surface area contributed by atoms with Gasteiger partial charge in [-0.2, -0.15) is 5.26 Å². The third-order valence-electron chi connectivity index (χ3n) is 7.66. The van der Waals surface area contributed by atoms with Crippen LogP contribution in [-0.2, 0) is 10.2 Å². The highest BCUT2D eigenvalue weighted by Gasteiger charge is 2.60. The molecule has 1 aliphatic carbocycles. The fourth-order valence-electron chi connectivity index (χ4n) is 5.93. The number of hydrogen-bond donors (Lipinski definition) is 4. The van der Waals surface area contributed by atoms with Crippen LogP contribution >= 0.6 is 23.2 Å². The standard InChI is InChI=1S/C28H33Cl2N3O4/c29-21-11-9-20(10-12-21)28(17-31)24(19-7-4-8-22(30)15-19)26(33-25(28)18-5-2-1-3-6-18)37-27(36)32-14-13-23(35)16-34/h4,7-12,15,18,23-26,33-35H,1-3,5-6,13-14,16H2,(H,32,36)/t23-,24-,25-,26+,28+/m0/s1. The van der Waals surface area contributed by atoms with Crippen molar-refractivity contribution >= 4 is 29.3 Å². The van der Waals surface area contributed by atoms with Crippen molar-refractivity contribution in [3.63, 3.8) is 0 Å². The lowest BCUT2D eigenvalue weighted by Crippen LogP contribution is -2.47. The Bertz CT molecular complexity index is 1100. The monoisotopic (exact) mass is 545 g/mol. The molecule has 0 radical (unpaired) electrons. The predicted octanol–water partition coefficient (Wildman–Crippen LogP) is 4.89. The largest absolute Gasteiger partial charge is 0.430 e. The Morgan fingerprint density at radius 3 is 2.54 bits per heavy atom. The first-order valence-corrected chi connectivity index (χ1v) is 13.6. The minimum atomic E-state index is -1.05. The number of alkyl carbamates (subject to hydrolysis) is 1. The molecular weight excluding hydrogens is 513 g/mol. The second-order valence-electron chi connectivity index (χ2n) is 9.94. The van der Waals surface area contributed by atoms with Crippen LogP contribution in [0.3, 0.4) is 0 Å². The first-order valence-electron chi connectivity index (χ1n) is 12.8. The first kappa shape index (κ1) is 27.7. The molecule has 2 fully saturated rings. The lowest BCUT2D eigenvalue weighted by atomic mass is 9.62. The van der Waals surface area contributed by atoms with E-state index in [0.717, 1.165) is 36.8 Å². The summed E-state index contributed by atoms with van der Waals surface area (Å²) in [5.74, 6) is -0.319. The van der Waals surface area contributed by atoms with Crippen molar-refractivity contribution in [2.24, 2.45) is 5.92 Å². The molecule has 2 aliphatic rings. The van der Waals surface area contributed by atoms with Gasteiger partial charge in [0.2, 0.25) is 0 Å². The maximum Gasteiger partial charge on any atom is 0.408 e. The molecule has 0 aromatic heterocycles. The number of rotatable bonds is 8. The highest BCUT2D eigenvalue weighted by atomic mass is 35.5. The van der Waals surface area contributed by atoms with E-state index in [1.54, 1.807) is 18.2 Å². The van der Waals surface area contributed by atoms with Gasteiger partial charge in [-0.1, -0.05) is 66.7 Å². The summed E-state index contributed by atoms with van der Waals surface area (Å²) < 4.78 is 5.93. The van der Waals surface area contributed by atoms with Gasteiger partial charge < -0.3 is 20.3 Å². The minimum Gasteiger partial charge on any atom is -0.430 e. The van der Waals surface area contributed by atoms with Crippen molar-refractivity contribution in [2.45, 2.75) is 68.2 Å². The van der Waals surface area contributed by atoms with E-state index in [2.05, 4.69) is 16.7 Å². The number of halogens is 2. The average molecular weight is 546 g/mol. The van der Waals surface area contributed by atoms with Gasteiger partial charge in [0.25, 0.3) is 0 Å². The molecule has 5 atom stereocenters. The number of ether oxygens (including phenoxy) is 1. The summed E-state index contributed by atoms with van der Waals surface area (Å²) in [6.45, 7) is -0.242. The van der Waals surface area contributed by atoms with E-state index in [4.69, 9.17) is 33.0 Å². The van der Waals surface area contributed by atoms with Gasteiger partial charge in [0.05, 0.1) is 24.7 Å². The molecule has 1 aliphatic heterocycles. The molecule has 1 saturated carbocycles. The highest BCUT2D eigenvalue weighted by Crippen LogP contribution is 2.52. The summed E-state index contributed by atoms with van der Waals surface area (Å²) in [7, 11) is 0. The number of amides is 1. The number of nitriles is 1. The fourth-order valence-corrected chi connectivity index (χ4v) is 6.25. The SMILES string of the molecule is N#C[C@]1(c2ccc(Cl)cc2)[C@H](C2CCCCC2)N[C@H](OC(=O)NCC[C@H](O)CO)[C@@H]1c1cccc(Cl)c1. The molecule has 1 saturated heterocycles. The van der Waals surface area contributed by atoms with Crippen LogP contribution in [0.4, 0.5) is 4.79 Å². The first-order chi connectivity index (χ1) is 17.9. The molecule has 2 aromatic rings. The van der Waals surface area contributed by atoms with Crippen molar-refractivity contribution < 1.29 is 19.7 Å². The van der Waals surface area contributed by atoms with Gasteiger partial charge in [0.15, 0.2) is 6.23 Å². The quantitative estimate of drug-likeness (QED) is 0.375. The summed E-state index contributed by atoms with van der Waals surface area (Å²) in [4.78, 5) is 12.8. The molecule has 7 nitrogen and oxygen atoms in total. The van der Waals surface area contributed by atoms with Crippen LogP contribution in [0.25, 0.3) is 0 Å². The van der Waals surface area contributed by atoms with Crippen molar-refractivity contribution in [1.82, 2.24) is 10.6 Å². The van der Waals surface area contributed by atoms with Gasteiger partial charge in [-0.25, -0.2) is 4.79 Å². The highest BCUT2D eigenvalue weighted by molar-refractivity contribution is 6.30. The average Bonchev–Trinajstić information content (AvgIpc) is 3.24. The Hall–Kier alpha value is -2.34. The summed E-state index contributed by atoms with van der Waals surface area (Å²) >= 11 is 12.6. The normalized spacial score (nSPS) is 26.8. The number of benzene rings is 2. The van der Waals surface area contributed by atoms with E-state index in [1.165, 1.54) is 6.42 Å². The zero-order chi connectivity index (χ0) is 26.4. The van der Waals surface area contributed by atoms with Crippen molar-refractivity contribution in [2.75, 3.05) is 13.2 Å². The molecule has 198 valence electrons. The van der Waals surface area contributed by atoms with E-state index in [0.29, 0.717) is 10.0 Å². The van der Waals surface area contributed by atoms with Gasteiger partial charge in [0.1, 0.15) is 5.41 Å². The Morgan fingerprint density at radius 1 is 1.16 bits per heavy atom. The Labute approximate surface area is 227 Å². The van der Waals surface area contributed by atoms with E-state index in [-0.39, 0.29) is 31.5 Å². The van der Waals surface area contributed by atoms with E-state index >= 15 is 0 Å². The number of hydrogen-bond acceptors (Lipinski definition) is 6. The van der Waals surface area contributed by atoms with Gasteiger partial charge in [-0.15, -0.1) is 0 Å². The Morgan fingerprint density at radius 2 is 1.89 bits per heavy atom. The molecule has 0 unspecified atom stereocenters. The molecule has 0 spiro atoms. The lowest BCUT2D eigenvalue weighted by Gasteiger charge is -2.39. The number of aliphatic hydroxyl groups excluding tert-OH is 2. The minimum absolute atomic E-state index is 0.141. The van der Waals surface area contributed by atoms with Crippen molar-refractivity contribution in [3.05, 3.63) is 69.7 Å². The van der Waals surface area contributed by atoms with E-state index in [1.807, 2.05) is 30.3 Å². The molecule has 4 N–H and O–H groups in total. The third kappa shape index (κ3) is 6.05. The molecule has 4 rings (SSSR count). The second-order valence-corrected chi connectivity index (χ2v) is 10.8. The number of carbonyl (C=O) groups excluding carboxylic acids is 1. The number of nitrogens with one attached hydrogen (secondary N) is 2. The number of carbonyl (C=O) groups is 1. The Kier molecular flexibility index (Phi) is 9.33. The van der Waals surface area contributed by atoms with Gasteiger partial charge >= 0.3 is 6.09 Å². The topological polar surface area (TPSA) is 115 Å². The maximum absolute atomic E-state index is 12.8. The van der Waals surface area contributed by atoms with Crippen LogP contribution in [0, 0.1) is 17.2 Å². The maximum atomic E-state index is 12.8. The van der Waals surface area contributed by atoms with Crippen LogP contribution in [0.2, 0.25) is 10.0 Å². The van der Waals surface area contributed by atoms with E-state index in [9.17, 15) is 15.2 Å². The predicted molar refractivity (Wildman–Crippen MR) is 142 cm³/mol. The molecule has 2 aromatic carbocycles. The molecule has 1 amide bonds. The van der Waals surface area contributed by atoms with Gasteiger partial charge in [-0.3, -0.25) is 5.32 Å². The smallest absolute Gasteiger partial charge is 0.408 e. The number of nitrogens with zero attached hydrogens (tertiary/aromatic N) is 1. The molecular formula is C28H33Cl2N3O4. The van der Waals surface area contributed by atoms with Crippen LogP contribution < -0.4 is 10.6 Å². The van der Waals surface area contributed by atoms with Gasteiger partial charge in [0, 0.05) is 22.6 Å². The van der Waals surface area contributed by atoms with Crippen molar-refractivity contribution in [1.29, 1.82) is 5.26 Å². The van der Waals surface area contributed by atoms with Crippen LogP contribution in [0.1, 0.15) is 55.6 Å². The summed E-state index contributed by atoms with van der Waals surface area (Å²) in [5, 5.41) is 36.9. The van der Waals surface area contributed by atoms with Crippen molar-refractivity contribution in [3.8, 4) is 6.07 Å². The summed E-state index contributed by atoms with van der Waals surface area (Å²) in [6, 6.07) is 17.1. The third-order valence-corrected chi connectivity index (χ3v) is 8.14. The van der Waals surface area contributed by atoms with Crippen LogP contribution in [0.5, 0.6) is 0 Å². The summed E-state index contributed by atoms with van der Waals surface area (Å²) in [5.41, 5.74) is 0.559. The molecule has 37 heavy (non-hydrogen) atoms. The lowest BCUT2D eigenvalue weighted by molar-refractivity contribution is 0.0682. The molecule has 9 heteroatoms. The Balaban J connectivity index is 1.75. The van der Waals surface area contributed by atoms with E-state index < -0.39 is 29.8 Å². The summed E-state index contributed by atoms with van der Waals surface area (Å²) in [6.07, 6.45) is 3.12. The zero-order valence-electron chi connectivity index (χ0n) is 20.6.